The Balaban J connectivity index is 0.000000290. The van der Waals surface area contributed by atoms with Crippen molar-refractivity contribution in [1.29, 1.82) is 0 Å². The van der Waals surface area contributed by atoms with Crippen LogP contribution in [0.3, 0.4) is 0 Å². The summed E-state index contributed by atoms with van der Waals surface area (Å²) in [5.41, 5.74) is 3.68. The number of carboxylic acids is 2. The van der Waals surface area contributed by atoms with Gasteiger partial charge in [-0.05, 0) is 43.6 Å². The summed E-state index contributed by atoms with van der Waals surface area (Å²) >= 11 is 0. The number of rotatable bonds is 5. The Morgan fingerprint density at radius 3 is 2.34 bits per heavy atom. The van der Waals surface area contributed by atoms with Gasteiger partial charge in [-0.2, -0.15) is 0 Å². The molecule has 4 aliphatic rings. The quantitative estimate of drug-likeness (QED) is 0.503. The maximum atomic E-state index is 10.8. The van der Waals surface area contributed by atoms with Gasteiger partial charge in [-0.3, -0.25) is 9.59 Å². The zero-order valence-electron chi connectivity index (χ0n) is 22.2. The summed E-state index contributed by atoms with van der Waals surface area (Å²) in [5.74, 6) is 0.566. The van der Waals surface area contributed by atoms with Crippen molar-refractivity contribution in [2.24, 2.45) is 5.92 Å². The second-order valence-electron chi connectivity index (χ2n) is 10.2. The van der Waals surface area contributed by atoms with Gasteiger partial charge in [0.15, 0.2) is 11.5 Å². The number of nitrogens with zero attached hydrogens (tertiary/aromatic N) is 1. The minimum Gasteiger partial charge on any atom is -0.485 e. The van der Waals surface area contributed by atoms with E-state index in [2.05, 4.69) is 42.3 Å². The van der Waals surface area contributed by atoms with Gasteiger partial charge in [0, 0.05) is 35.8 Å². The first-order valence-electron chi connectivity index (χ1n) is 13.2. The third-order valence-corrected chi connectivity index (χ3v) is 7.98. The van der Waals surface area contributed by atoms with E-state index in [-0.39, 0.29) is 24.4 Å². The van der Waals surface area contributed by atoms with Crippen LogP contribution in [-0.4, -0.2) is 64.0 Å². The summed E-state index contributed by atoms with van der Waals surface area (Å²) in [5, 5.41) is 26.2. The molecule has 0 radical (unpaired) electrons. The molecule has 1 spiro atoms. The first-order chi connectivity index (χ1) is 18.2. The summed E-state index contributed by atoms with van der Waals surface area (Å²) < 4.78 is 12.7. The van der Waals surface area contributed by atoms with Gasteiger partial charge in [-0.15, -0.1) is 0 Å². The molecule has 0 saturated carbocycles. The van der Waals surface area contributed by atoms with Gasteiger partial charge in [-0.25, -0.2) is 0 Å². The van der Waals surface area contributed by atoms with Crippen molar-refractivity contribution in [3.63, 3.8) is 0 Å². The lowest BCUT2D eigenvalue weighted by molar-refractivity contribution is -0.137. The monoisotopic (exact) mass is 523 g/mol. The molecular weight excluding hydrogens is 486 g/mol. The van der Waals surface area contributed by atoms with Crippen molar-refractivity contribution in [2.75, 3.05) is 13.6 Å². The van der Waals surface area contributed by atoms with E-state index in [1.165, 1.54) is 11.1 Å². The molecule has 2 heterocycles. The summed E-state index contributed by atoms with van der Waals surface area (Å²) in [4.78, 5) is 21.2. The Bertz CT molecular complexity index is 1170. The number of ether oxygens (including phenoxy) is 2. The summed E-state index contributed by atoms with van der Waals surface area (Å²) in [6, 6.07) is 15.0. The molecule has 0 aromatic heterocycles. The Morgan fingerprint density at radius 2 is 1.71 bits per heavy atom. The number of aliphatic carboxylic acids is 2. The van der Waals surface area contributed by atoms with Crippen molar-refractivity contribution in [2.45, 2.75) is 69.8 Å². The molecule has 6 rings (SSSR count). The Labute approximate surface area is 223 Å². The lowest BCUT2D eigenvalue weighted by atomic mass is 9.53. The third-order valence-electron chi connectivity index (χ3n) is 7.98. The van der Waals surface area contributed by atoms with E-state index in [0.29, 0.717) is 18.6 Å². The van der Waals surface area contributed by atoms with Gasteiger partial charge in [0.1, 0.15) is 18.8 Å². The van der Waals surface area contributed by atoms with Crippen molar-refractivity contribution in [3.05, 3.63) is 71.3 Å². The SMILES string of the molecule is CCC(=O)O.CCC(=O)O.CN1CC[C@]23c4c5ccc(OCc6ccccc6)c4O[C@H]2[C@@H](O)C=C[C@H]3[C@H]1C5. The topological polar surface area (TPSA) is 117 Å². The molecule has 8 nitrogen and oxygen atoms in total. The first-order valence-corrected chi connectivity index (χ1v) is 13.2. The van der Waals surface area contributed by atoms with Gasteiger partial charge < -0.3 is 29.7 Å². The van der Waals surface area contributed by atoms with Crippen LogP contribution in [0.25, 0.3) is 0 Å². The Hall–Kier alpha value is -3.36. The van der Waals surface area contributed by atoms with E-state index in [0.717, 1.165) is 36.4 Å². The average Bonchev–Trinajstić information content (AvgIpc) is 3.28. The molecule has 1 fully saturated rings. The number of carboxylic acid groups (broad SMARTS) is 2. The standard InChI is InChI=1S/C24H25NO3.2C3H6O2/c1-25-12-11-24-17-8-9-19(26)23(24)28-22-20(27-14-15-5-3-2-4-6-15)10-7-16(21(22)24)13-18(17)25;2*1-2-3(4)5/h2-10,17-19,23,26H,11-14H2,1H3;2*2H2,1H3,(H,4,5)/t17-,18+,19-,23-,24-;;/m0../s1. The second kappa shape index (κ2) is 11.6. The molecule has 3 N–H and O–H groups in total. The Kier molecular flexibility index (Phi) is 8.43. The molecule has 2 bridgehead atoms. The lowest BCUT2D eigenvalue weighted by Crippen LogP contribution is -2.64. The minimum absolute atomic E-state index is 0.125. The van der Waals surface area contributed by atoms with Gasteiger partial charge in [0.05, 0.1) is 0 Å². The zero-order chi connectivity index (χ0) is 27.4. The predicted octanol–water partition coefficient (Wildman–Crippen LogP) is 4.03. The largest absolute Gasteiger partial charge is 0.485 e. The molecule has 2 aliphatic carbocycles. The number of likely N-dealkylation sites (N-methyl/N-ethyl adjacent to an activating group) is 1. The van der Waals surface area contributed by atoms with Gasteiger partial charge >= 0.3 is 11.9 Å². The third kappa shape index (κ3) is 5.15. The van der Waals surface area contributed by atoms with E-state index in [1.54, 1.807) is 13.8 Å². The maximum absolute atomic E-state index is 10.8. The van der Waals surface area contributed by atoms with E-state index in [4.69, 9.17) is 19.7 Å². The van der Waals surface area contributed by atoms with Gasteiger partial charge in [0.2, 0.25) is 0 Å². The fourth-order valence-corrected chi connectivity index (χ4v) is 6.08. The molecule has 2 aromatic rings. The summed E-state index contributed by atoms with van der Waals surface area (Å²) in [7, 11) is 2.23. The van der Waals surface area contributed by atoms with Crippen LogP contribution >= 0.6 is 0 Å². The molecule has 38 heavy (non-hydrogen) atoms. The van der Waals surface area contributed by atoms with Crippen LogP contribution in [0, 0.1) is 5.92 Å². The number of aliphatic hydroxyl groups is 1. The van der Waals surface area contributed by atoms with E-state index in [1.807, 2.05) is 24.3 Å². The van der Waals surface area contributed by atoms with Crippen LogP contribution in [-0.2, 0) is 28.0 Å². The number of piperidine rings is 1. The fourth-order valence-electron chi connectivity index (χ4n) is 6.08. The van der Waals surface area contributed by atoms with Crippen molar-refractivity contribution in [3.8, 4) is 11.5 Å². The normalized spacial score (nSPS) is 27.5. The minimum atomic E-state index is -0.745. The van der Waals surface area contributed by atoms with Crippen molar-refractivity contribution >= 4 is 11.9 Å². The van der Waals surface area contributed by atoms with Gasteiger partial charge in [-0.1, -0.05) is 62.4 Å². The van der Waals surface area contributed by atoms with Crippen LogP contribution in [0.15, 0.2) is 54.6 Å². The molecule has 5 atom stereocenters. The zero-order valence-corrected chi connectivity index (χ0v) is 22.2. The maximum Gasteiger partial charge on any atom is 0.303 e. The van der Waals surface area contributed by atoms with Crippen LogP contribution in [0.2, 0.25) is 0 Å². The number of benzene rings is 2. The molecule has 204 valence electrons. The highest BCUT2D eigenvalue weighted by molar-refractivity contribution is 5.66. The summed E-state index contributed by atoms with van der Waals surface area (Å²) in [6.45, 7) is 4.75. The number of aliphatic hydroxyl groups excluding tert-OH is 1. The van der Waals surface area contributed by atoms with Crippen LogP contribution in [0.5, 0.6) is 11.5 Å². The fraction of sp³-hybridized carbons (Fsp3) is 0.467. The van der Waals surface area contributed by atoms with Crippen LogP contribution in [0.1, 0.15) is 49.8 Å². The van der Waals surface area contributed by atoms with Crippen LogP contribution < -0.4 is 9.47 Å². The molecule has 2 aliphatic heterocycles. The number of carbonyl (C=O) groups is 2. The summed E-state index contributed by atoms with van der Waals surface area (Å²) in [6.07, 6.45) is 5.90. The van der Waals surface area contributed by atoms with Crippen LogP contribution in [0.4, 0.5) is 0 Å². The molecule has 0 unspecified atom stereocenters. The average molecular weight is 524 g/mol. The highest BCUT2D eigenvalue weighted by atomic mass is 16.5. The second-order valence-corrected chi connectivity index (χ2v) is 10.2. The van der Waals surface area contributed by atoms with Crippen molar-refractivity contribution in [1.82, 2.24) is 4.90 Å². The predicted molar refractivity (Wildman–Crippen MR) is 143 cm³/mol. The molecular formula is C30H37NO7. The van der Waals surface area contributed by atoms with E-state index >= 15 is 0 Å². The lowest BCUT2D eigenvalue weighted by Gasteiger charge is -2.56. The van der Waals surface area contributed by atoms with Gasteiger partial charge in [0.25, 0.3) is 0 Å². The van der Waals surface area contributed by atoms with E-state index < -0.39 is 18.0 Å². The van der Waals surface area contributed by atoms with Crippen molar-refractivity contribution < 1.29 is 34.4 Å². The molecule has 0 amide bonds. The highest BCUT2D eigenvalue weighted by Crippen LogP contribution is 2.62. The number of hydrogen-bond acceptors (Lipinski definition) is 6. The van der Waals surface area contributed by atoms with E-state index in [9.17, 15) is 14.7 Å². The molecule has 8 heteroatoms. The Morgan fingerprint density at radius 1 is 1.05 bits per heavy atom. The smallest absolute Gasteiger partial charge is 0.303 e. The number of likely N-dealkylation sites (tertiary alicyclic amines) is 1. The highest BCUT2D eigenvalue weighted by Gasteiger charge is 2.64. The molecule has 2 aromatic carbocycles. The number of hydrogen-bond donors (Lipinski definition) is 3. The first kappa shape index (κ1) is 27.7. The molecule has 1 saturated heterocycles.